The zero-order valence-corrected chi connectivity index (χ0v) is 16.5. The number of aliphatic hydroxyl groups is 1. The van der Waals surface area contributed by atoms with Crippen molar-refractivity contribution in [3.8, 4) is 11.5 Å². The number of anilines is 2. The van der Waals surface area contributed by atoms with Crippen molar-refractivity contribution >= 4 is 22.3 Å². The van der Waals surface area contributed by atoms with Crippen molar-refractivity contribution in [1.82, 2.24) is 4.98 Å². The molecule has 2 aromatic carbocycles. The third kappa shape index (κ3) is 4.03. The van der Waals surface area contributed by atoms with E-state index in [2.05, 4.69) is 23.3 Å². The van der Waals surface area contributed by atoms with E-state index in [-0.39, 0.29) is 0 Å². The third-order valence-electron chi connectivity index (χ3n) is 4.54. The molecule has 1 heterocycles. The predicted molar refractivity (Wildman–Crippen MR) is 112 cm³/mol. The molecular weight excluding hydrogens is 354 g/mol. The normalized spacial score (nSPS) is 12.0. The van der Waals surface area contributed by atoms with E-state index < -0.39 is 6.23 Å². The van der Waals surface area contributed by atoms with Crippen molar-refractivity contribution in [2.24, 2.45) is 5.73 Å². The van der Waals surface area contributed by atoms with Gasteiger partial charge in [0, 0.05) is 28.9 Å². The van der Waals surface area contributed by atoms with Gasteiger partial charge in [0.2, 0.25) is 0 Å². The number of hydrogen-bond donors (Lipinski definition) is 3. The Morgan fingerprint density at radius 1 is 1.07 bits per heavy atom. The van der Waals surface area contributed by atoms with Gasteiger partial charge in [-0.15, -0.1) is 0 Å². The summed E-state index contributed by atoms with van der Waals surface area (Å²) in [5.41, 5.74) is 9.92. The summed E-state index contributed by atoms with van der Waals surface area (Å²) >= 11 is 0. The Morgan fingerprint density at radius 2 is 1.75 bits per heavy atom. The highest BCUT2D eigenvalue weighted by atomic mass is 16.5. The molecule has 6 heteroatoms. The quantitative estimate of drug-likeness (QED) is 0.505. The zero-order valence-electron chi connectivity index (χ0n) is 16.5. The fourth-order valence-corrected chi connectivity index (χ4v) is 3.20. The minimum Gasteiger partial charge on any atom is -0.490 e. The topological polar surface area (TPSA) is 89.6 Å². The molecule has 0 saturated heterocycles. The fraction of sp³-hybridized carbons (Fsp3) is 0.318. The first-order valence-corrected chi connectivity index (χ1v) is 9.59. The van der Waals surface area contributed by atoms with E-state index in [0.717, 1.165) is 23.0 Å². The maximum absolute atomic E-state index is 10.1. The SMILES string of the molecule is CCOc1cc2ncc(C(N)O)c(Nc3ccccc3CC)c2cc1OCC. The van der Waals surface area contributed by atoms with Crippen LogP contribution >= 0.6 is 0 Å². The number of nitrogens with one attached hydrogen (secondary N) is 1. The van der Waals surface area contributed by atoms with E-state index in [1.165, 1.54) is 5.56 Å². The first kappa shape index (κ1) is 19.9. The van der Waals surface area contributed by atoms with Gasteiger partial charge in [0.05, 0.1) is 24.4 Å². The molecular formula is C22H27N3O3. The van der Waals surface area contributed by atoms with Gasteiger partial charge in [0.1, 0.15) is 6.23 Å². The van der Waals surface area contributed by atoms with Gasteiger partial charge >= 0.3 is 0 Å². The van der Waals surface area contributed by atoms with Crippen LogP contribution < -0.4 is 20.5 Å². The minimum atomic E-state index is -1.16. The first-order chi connectivity index (χ1) is 13.6. The fourth-order valence-electron chi connectivity index (χ4n) is 3.20. The summed E-state index contributed by atoms with van der Waals surface area (Å²) in [5, 5.41) is 14.4. The molecule has 3 aromatic rings. The van der Waals surface area contributed by atoms with Crippen LogP contribution in [0.25, 0.3) is 10.9 Å². The number of rotatable bonds is 8. The van der Waals surface area contributed by atoms with Crippen molar-refractivity contribution in [1.29, 1.82) is 0 Å². The molecule has 0 aliphatic heterocycles. The number of nitrogens with zero attached hydrogens (tertiary/aromatic N) is 1. The zero-order chi connectivity index (χ0) is 20.1. The molecule has 0 bridgehead atoms. The summed E-state index contributed by atoms with van der Waals surface area (Å²) in [6.07, 6.45) is 1.32. The van der Waals surface area contributed by atoms with E-state index in [4.69, 9.17) is 15.2 Å². The molecule has 1 atom stereocenters. The number of benzene rings is 2. The highest BCUT2D eigenvalue weighted by Gasteiger charge is 2.17. The van der Waals surface area contributed by atoms with E-state index in [1.807, 2.05) is 44.2 Å². The minimum absolute atomic E-state index is 0.514. The van der Waals surface area contributed by atoms with Gasteiger partial charge in [-0.05, 0) is 38.0 Å². The van der Waals surface area contributed by atoms with Gasteiger partial charge in [0.25, 0.3) is 0 Å². The van der Waals surface area contributed by atoms with Crippen LogP contribution in [0.5, 0.6) is 11.5 Å². The second-order valence-corrected chi connectivity index (χ2v) is 6.35. The van der Waals surface area contributed by atoms with Crippen molar-refractivity contribution in [2.45, 2.75) is 33.4 Å². The van der Waals surface area contributed by atoms with Crippen molar-refractivity contribution in [2.75, 3.05) is 18.5 Å². The Labute approximate surface area is 165 Å². The molecule has 28 heavy (non-hydrogen) atoms. The van der Waals surface area contributed by atoms with E-state index in [1.54, 1.807) is 6.20 Å². The lowest BCUT2D eigenvalue weighted by molar-refractivity contribution is 0.187. The smallest absolute Gasteiger partial charge is 0.163 e. The second kappa shape index (κ2) is 8.91. The summed E-state index contributed by atoms with van der Waals surface area (Å²) in [4.78, 5) is 4.48. The van der Waals surface area contributed by atoms with Crippen molar-refractivity contribution in [3.05, 3.63) is 53.7 Å². The lowest BCUT2D eigenvalue weighted by Crippen LogP contribution is -2.12. The van der Waals surface area contributed by atoms with Crippen molar-refractivity contribution < 1.29 is 14.6 Å². The average molecular weight is 381 g/mol. The van der Waals surface area contributed by atoms with E-state index in [0.29, 0.717) is 36.0 Å². The Kier molecular flexibility index (Phi) is 6.34. The molecule has 0 aliphatic rings. The number of aliphatic hydroxyl groups excluding tert-OH is 1. The maximum Gasteiger partial charge on any atom is 0.163 e. The Bertz CT molecular complexity index is 957. The average Bonchev–Trinajstić information content (AvgIpc) is 2.69. The summed E-state index contributed by atoms with van der Waals surface area (Å²) in [6.45, 7) is 7.00. The van der Waals surface area contributed by atoms with Gasteiger partial charge in [0.15, 0.2) is 11.5 Å². The molecule has 0 fully saturated rings. The first-order valence-electron chi connectivity index (χ1n) is 9.59. The molecule has 3 rings (SSSR count). The molecule has 0 radical (unpaired) electrons. The molecule has 0 aliphatic carbocycles. The lowest BCUT2D eigenvalue weighted by atomic mass is 10.1. The molecule has 148 valence electrons. The van der Waals surface area contributed by atoms with Crippen LogP contribution in [-0.4, -0.2) is 23.3 Å². The molecule has 6 nitrogen and oxygen atoms in total. The Hall–Kier alpha value is -2.83. The Morgan fingerprint density at radius 3 is 2.39 bits per heavy atom. The highest BCUT2D eigenvalue weighted by Crippen LogP contribution is 2.38. The molecule has 0 spiro atoms. The summed E-state index contributed by atoms with van der Waals surface area (Å²) in [7, 11) is 0. The number of aromatic nitrogens is 1. The largest absolute Gasteiger partial charge is 0.490 e. The predicted octanol–water partition coefficient (Wildman–Crippen LogP) is 4.29. The number of aryl methyl sites for hydroxylation is 1. The highest BCUT2D eigenvalue weighted by molar-refractivity contribution is 5.97. The molecule has 4 N–H and O–H groups in total. The van der Waals surface area contributed by atoms with Crippen LogP contribution in [0.15, 0.2) is 42.6 Å². The lowest BCUT2D eigenvalue weighted by Gasteiger charge is -2.19. The molecule has 0 saturated carbocycles. The van der Waals surface area contributed by atoms with Gasteiger partial charge in [-0.3, -0.25) is 4.98 Å². The number of fused-ring (bicyclic) bond motifs is 1. The number of hydrogen-bond acceptors (Lipinski definition) is 6. The third-order valence-corrected chi connectivity index (χ3v) is 4.54. The van der Waals surface area contributed by atoms with Crippen LogP contribution in [0.1, 0.15) is 38.1 Å². The monoisotopic (exact) mass is 381 g/mol. The van der Waals surface area contributed by atoms with Gasteiger partial charge in [-0.25, -0.2) is 0 Å². The van der Waals surface area contributed by atoms with Gasteiger partial charge in [-0.2, -0.15) is 0 Å². The van der Waals surface area contributed by atoms with Crippen LogP contribution in [0.4, 0.5) is 11.4 Å². The maximum atomic E-state index is 10.1. The van der Waals surface area contributed by atoms with Crippen LogP contribution in [0.3, 0.4) is 0 Å². The van der Waals surface area contributed by atoms with Gasteiger partial charge in [-0.1, -0.05) is 25.1 Å². The molecule has 1 aromatic heterocycles. The van der Waals surface area contributed by atoms with E-state index >= 15 is 0 Å². The van der Waals surface area contributed by atoms with Crippen LogP contribution in [0.2, 0.25) is 0 Å². The van der Waals surface area contributed by atoms with Crippen LogP contribution in [0, 0.1) is 0 Å². The number of nitrogens with two attached hydrogens (primary N) is 1. The number of pyridine rings is 1. The molecule has 0 amide bonds. The second-order valence-electron chi connectivity index (χ2n) is 6.35. The summed E-state index contributed by atoms with van der Waals surface area (Å²) in [6, 6.07) is 11.8. The van der Waals surface area contributed by atoms with Gasteiger partial charge < -0.3 is 25.6 Å². The summed E-state index contributed by atoms with van der Waals surface area (Å²) < 4.78 is 11.5. The van der Waals surface area contributed by atoms with E-state index in [9.17, 15) is 5.11 Å². The Balaban J connectivity index is 2.22. The number of para-hydroxylation sites is 1. The van der Waals surface area contributed by atoms with Crippen molar-refractivity contribution in [3.63, 3.8) is 0 Å². The number of ether oxygens (including phenoxy) is 2. The summed E-state index contributed by atoms with van der Waals surface area (Å²) in [5.74, 6) is 1.28. The standard InChI is InChI=1S/C22H27N3O3/c1-4-14-9-7-8-10-17(14)25-21-15-11-19(27-5-2)20(28-6-3)12-18(15)24-13-16(21)22(23)26/h7-13,22,26H,4-6,23H2,1-3H3,(H,24,25). The molecule has 1 unspecified atom stereocenters. The van der Waals surface area contributed by atoms with Crippen LogP contribution in [-0.2, 0) is 6.42 Å².